The summed E-state index contributed by atoms with van der Waals surface area (Å²) in [5.41, 5.74) is 0. The van der Waals surface area contributed by atoms with Gasteiger partial charge in [0.15, 0.2) is 0 Å². The lowest BCUT2D eigenvalue weighted by atomic mass is 9.81. The molecule has 0 aromatic carbocycles. The number of amides is 1. The Morgan fingerprint density at radius 2 is 2.30 bits per heavy atom. The Kier molecular flexibility index (Phi) is 2.04. The molecule has 10 heavy (non-hydrogen) atoms. The van der Waals surface area contributed by atoms with Crippen molar-refractivity contribution in [3.05, 3.63) is 0 Å². The second-order valence-corrected chi connectivity index (χ2v) is 2.69. The molecule has 1 amide bonds. The van der Waals surface area contributed by atoms with Crippen molar-refractivity contribution in [2.24, 2.45) is 5.92 Å². The predicted octanol–water partition coefficient (Wildman–Crippen LogP) is 0.102. The Morgan fingerprint density at radius 1 is 1.70 bits per heavy atom. The van der Waals surface area contributed by atoms with E-state index in [2.05, 4.69) is 5.32 Å². The van der Waals surface area contributed by atoms with Crippen molar-refractivity contribution in [1.82, 2.24) is 5.32 Å². The molecular weight excluding hydrogens is 130 g/mol. The van der Waals surface area contributed by atoms with Gasteiger partial charge in [0.05, 0.1) is 0 Å². The highest BCUT2D eigenvalue weighted by molar-refractivity contribution is 5.87. The summed E-state index contributed by atoms with van der Waals surface area (Å²) in [6.45, 7) is 0. The molecule has 0 spiro atoms. The fraction of sp³-hybridized carbons (Fsp3) is 0.714. The molecular formula is C7H11NO2. The highest BCUT2D eigenvalue weighted by atomic mass is 16.1. The van der Waals surface area contributed by atoms with Crippen molar-refractivity contribution < 1.29 is 9.59 Å². The van der Waals surface area contributed by atoms with E-state index >= 15 is 0 Å². The zero-order valence-electron chi connectivity index (χ0n) is 6.02. The van der Waals surface area contributed by atoms with Gasteiger partial charge in [-0.05, 0) is 5.92 Å². The summed E-state index contributed by atoms with van der Waals surface area (Å²) in [7, 11) is 1.61. The van der Waals surface area contributed by atoms with Crippen LogP contribution in [0.1, 0.15) is 19.3 Å². The molecule has 1 aliphatic rings. The first-order valence-corrected chi connectivity index (χ1v) is 3.44. The highest BCUT2D eigenvalue weighted by Gasteiger charge is 2.27. The van der Waals surface area contributed by atoms with E-state index < -0.39 is 0 Å². The smallest absolute Gasteiger partial charge is 0.220 e. The van der Waals surface area contributed by atoms with E-state index in [-0.39, 0.29) is 11.7 Å². The molecule has 0 heterocycles. The molecule has 1 aliphatic carbocycles. The predicted molar refractivity (Wildman–Crippen MR) is 36.4 cm³/mol. The topological polar surface area (TPSA) is 46.2 Å². The molecule has 56 valence electrons. The van der Waals surface area contributed by atoms with Crippen LogP contribution in [-0.2, 0) is 9.59 Å². The lowest BCUT2D eigenvalue weighted by molar-refractivity contribution is -0.129. The molecule has 0 aromatic heterocycles. The van der Waals surface area contributed by atoms with Gasteiger partial charge in [0.1, 0.15) is 5.78 Å². The molecule has 0 atom stereocenters. The Balaban J connectivity index is 2.16. The minimum atomic E-state index is 0.0394. The molecule has 3 heteroatoms. The minimum absolute atomic E-state index is 0.0394. The number of carbonyl (C=O) groups is 2. The molecule has 0 radical (unpaired) electrons. The van der Waals surface area contributed by atoms with E-state index in [1.165, 1.54) is 0 Å². The molecule has 0 unspecified atom stereocenters. The van der Waals surface area contributed by atoms with Gasteiger partial charge in [-0.3, -0.25) is 9.59 Å². The summed E-state index contributed by atoms with van der Waals surface area (Å²) in [6, 6.07) is 0. The number of carbonyl (C=O) groups excluding carboxylic acids is 2. The summed E-state index contributed by atoms with van der Waals surface area (Å²) < 4.78 is 0. The maximum atomic E-state index is 10.7. The van der Waals surface area contributed by atoms with E-state index in [1.54, 1.807) is 7.05 Å². The van der Waals surface area contributed by atoms with Crippen molar-refractivity contribution in [2.75, 3.05) is 7.05 Å². The first-order valence-electron chi connectivity index (χ1n) is 3.44. The van der Waals surface area contributed by atoms with Crippen LogP contribution in [0, 0.1) is 5.92 Å². The number of hydrogen-bond acceptors (Lipinski definition) is 2. The number of nitrogens with one attached hydrogen (secondary N) is 1. The van der Waals surface area contributed by atoms with E-state index in [4.69, 9.17) is 0 Å². The summed E-state index contributed by atoms with van der Waals surface area (Å²) >= 11 is 0. The number of ketones is 1. The van der Waals surface area contributed by atoms with Gasteiger partial charge < -0.3 is 5.32 Å². The Labute approximate surface area is 59.8 Å². The van der Waals surface area contributed by atoms with E-state index in [0.717, 1.165) is 0 Å². The molecule has 0 bridgehead atoms. The molecule has 1 N–H and O–H groups in total. The van der Waals surface area contributed by atoms with Gasteiger partial charge in [-0.2, -0.15) is 0 Å². The molecule has 0 saturated heterocycles. The van der Waals surface area contributed by atoms with Crippen molar-refractivity contribution in [3.8, 4) is 0 Å². The van der Waals surface area contributed by atoms with Gasteiger partial charge in [-0.25, -0.2) is 0 Å². The zero-order chi connectivity index (χ0) is 7.56. The first kappa shape index (κ1) is 7.25. The average Bonchev–Trinajstić information content (AvgIpc) is 1.84. The standard InChI is InChI=1S/C7H11NO2/c1-8-7(10)4-5-2-6(9)3-5/h5H,2-4H2,1H3,(H,8,10). The van der Waals surface area contributed by atoms with Crippen LogP contribution >= 0.6 is 0 Å². The molecule has 0 aliphatic heterocycles. The Hall–Kier alpha value is -0.860. The first-order chi connectivity index (χ1) is 4.72. The number of Topliss-reactive ketones (excluding diaryl/α,β-unsaturated/α-hetero) is 1. The van der Waals surface area contributed by atoms with Gasteiger partial charge in [0, 0.05) is 26.3 Å². The van der Waals surface area contributed by atoms with E-state index in [1.807, 2.05) is 0 Å². The van der Waals surface area contributed by atoms with Gasteiger partial charge in [-0.15, -0.1) is 0 Å². The normalized spacial score (nSPS) is 18.3. The van der Waals surface area contributed by atoms with Gasteiger partial charge in [0.25, 0.3) is 0 Å². The molecule has 1 rings (SSSR count). The van der Waals surface area contributed by atoms with E-state index in [9.17, 15) is 9.59 Å². The van der Waals surface area contributed by atoms with Crippen LogP contribution in [0.4, 0.5) is 0 Å². The summed E-state index contributed by atoms with van der Waals surface area (Å²) in [4.78, 5) is 21.1. The monoisotopic (exact) mass is 141 g/mol. The highest BCUT2D eigenvalue weighted by Crippen LogP contribution is 2.25. The molecule has 1 saturated carbocycles. The number of rotatable bonds is 2. The van der Waals surface area contributed by atoms with Crippen molar-refractivity contribution >= 4 is 11.7 Å². The van der Waals surface area contributed by atoms with Gasteiger partial charge in [-0.1, -0.05) is 0 Å². The van der Waals surface area contributed by atoms with E-state index in [0.29, 0.717) is 25.2 Å². The van der Waals surface area contributed by atoms with Crippen LogP contribution in [0.25, 0.3) is 0 Å². The largest absolute Gasteiger partial charge is 0.359 e. The lowest BCUT2D eigenvalue weighted by Crippen LogP contribution is -2.29. The van der Waals surface area contributed by atoms with Gasteiger partial charge in [0.2, 0.25) is 5.91 Å². The summed E-state index contributed by atoms with van der Waals surface area (Å²) in [5.74, 6) is 0.652. The quantitative estimate of drug-likeness (QED) is 0.593. The fourth-order valence-corrected chi connectivity index (χ4v) is 1.09. The maximum absolute atomic E-state index is 10.7. The zero-order valence-corrected chi connectivity index (χ0v) is 6.02. The SMILES string of the molecule is CNC(=O)CC1CC(=O)C1. The molecule has 3 nitrogen and oxygen atoms in total. The Morgan fingerprint density at radius 3 is 2.70 bits per heavy atom. The van der Waals surface area contributed by atoms with Crippen LogP contribution in [0.2, 0.25) is 0 Å². The van der Waals surface area contributed by atoms with Crippen LogP contribution in [-0.4, -0.2) is 18.7 Å². The third kappa shape index (κ3) is 1.56. The van der Waals surface area contributed by atoms with Crippen LogP contribution in [0.15, 0.2) is 0 Å². The van der Waals surface area contributed by atoms with Crippen molar-refractivity contribution in [2.45, 2.75) is 19.3 Å². The minimum Gasteiger partial charge on any atom is -0.359 e. The Bertz CT molecular complexity index is 157. The van der Waals surface area contributed by atoms with Crippen LogP contribution in [0.3, 0.4) is 0 Å². The van der Waals surface area contributed by atoms with Gasteiger partial charge >= 0.3 is 0 Å². The second-order valence-electron chi connectivity index (χ2n) is 2.69. The maximum Gasteiger partial charge on any atom is 0.220 e. The van der Waals surface area contributed by atoms with Crippen molar-refractivity contribution in [1.29, 1.82) is 0 Å². The lowest BCUT2D eigenvalue weighted by Gasteiger charge is -2.22. The summed E-state index contributed by atoms with van der Waals surface area (Å²) in [6.07, 6.45) is 1.73. The third-order valence-electron chi connectivity index (χ3n) is 1.79. The van der Waals surface area contributed by atoms with Crippen molar-refractivity contribution in [3.63, 3.8) is 0 Å². The number of hydrogen-bond donors (Lipinski definition) is 1. The molecule has 0 aromatic rings. The van der Waals surface area contributed by atoms with Crippen LogP contribution in [0.5, 0.6) is 0 Å². The second kappa shape index (κ2) is 2.82. The average molecular weight is 141 g/mol. The molecule has 1 fully saturated rings. The third-order valence-corrected chi connectivity index (χ3v) is 1.79. The van der Waals surface area contributed by atoms with Crippen LogP contribution < -0.4 is 5.32 Å². The fourth-order valence-electron chi connectivity index (χ4n) is 1.09. The summed E-state index contributed by atoms with van der Waals surface area (Å²) in [5, 5.41) is 2.53.